The molecule has 1 aromatic carbocycles. The van der Waals surface area contributed by atoms with Gasteiger partial charge in [-0.3, -0.25) is 9.59 Å². The minimum absolute atomic E-state index is 0.00127. The Labute approximate surface area is 186 Å². The topological polar surface area (TPSA) is 52.6 Å². The lowest BCUT2D eigenvalue weighted by molar-refractivity contribution is -0.147. The lowest BCUT2D eigenvalue weighted by Crippen LogP contribution is -2.41. The molecule has 0 N–H and O–H groups in total. The van der Waals surface area contributed by atoms with Crippen LogP contribution in [0.25, 0.3) is 0 Å². The third-order valence-electron chi connectivity index (χ3n) is 8.06. The van der Waals surface area contributed by atoms with Crippen LogP contribution in [0.1, 0.15) is 93.3 Å². The second-order valence-corrected chi connectivity index (χ2v) is 10.9. The van der Waals surface area contributed by atoms with Crippen molar-refractivity contribution in [2.24, 2.45) is 17.3 Å². The molecule has 4 atom stereocenters. The van der Waals surface area contributed by atoms with Crippen LogP contribution in [-0.4, -0.2) is 25.5 Å². The van der Waals surface area contributed by atoms with Crippen molar-refractivity contribution < 1.29 is 19.1 Å². The zero-order chi connectivity index (χ0) is 22.7. The van der Waals surface area contributed by atoms with Crippen LogP contribution >= 0.6 is 0 Å². The van der Waals surface area contributed by atoms with Gasteiger partial charge in [0, 0.05) is 5.92 Å². The maximum Gasteiger partial charge on any atom is 0.317 e. The number of carbonyl (C=O) groups is 2. The molecule has 1 aromatic rings. The number of rotatable bonds is 3. The van der Waals surface area contributed by atoms with Gasteiger partial charge < -0.3 is 9.47 Å². The standard InChI is InChI=1S/C27H36O4/c1-8-31-25(29)22-23(26(3,4)5)20-16-11-12-17-15(2)10-9-13-27(17,6)18(16)14-19(30-7)21(20)24(22)28/h14,17,22-23H,2,8-13H2,1,3-7H3/t17-,22?,23?,27-/m0/s1. The van der Waals surface area contributed by atoms with Gasteiger partial charge in [0.2, 0.25) is 0 Å². The van der Waals surface area contributed by atoms with Crippen LogP contribution in [0.2, 0.25) is 0 Å². The quantitative estimate of drug-likeness (QED) is 0.352. The molecule has 1 fully saturated rings. The number of methoxy groups -OCH3 is 1. The lowest BCUT2D eigenvalue weighted by atomic mass is 9.55. The van der Waals surface area contributed by atoms with E-state index in [2.05, 4.69) is 40.3 Å². The Morgan fingerprint density at radius 1 is 1.29 bits per heavy atom. The van der Waals surface area contributed by atoms with E-state index in [9.17, 15) is 9.59 Å². The molecule has 0 aromatic heterocycles. The van der Waals surface area contributed by atoms with Gasteiger partial charge in [-0.2, -0.15) is 0 Å². The van der Waals surface area contributed by atoms with Crippen LogP contribution in [0.15, 0.2) is 18.2 Å². The summed E-state index contributed by atoms with van der Waals surface area (Å²) >= 11 is 0. The molecule has 0 saturated heterocycles. The largest absolute Gasteiger partial charge is 0.496 e. The second kappa shape index (κ2) is 7.50. The summed E-state index contributed by atoms with van der Waals surface area (Å²) in [6.45, 7) is 15.2. The Kier molecular flexibility index (Phi) is 5.34. The van der Waals surface area contributed by atoms with Gasteiger partial charge in [0.05, 0.1) is 19.3 Å². The van der Waals surface area contributed by atoms with Gasteiger partial charge in [-0.15, -0.1) is 0 Å². The average Bonchev–Trinajstić information content (AvgIpc) is 3.01. The van der Waals surface area contributed by atoms with E-state index in [1.807, 2.05) is 0 Å². The number of hydrogen-bond donors (Lipinski definition) is 0. The average molecular weight is 425 g/mol. The van der Waals surface area contributed by atoms with Crippen molar-refractivity contribution in [1.82, 2.24) is 0 Å². The molecule has 4 rings (SSSR count). The van der Waals surface area contributed by atoms with Gasteiger partial charge in [0.15, 0.2) is 5.78 Å². The van der Waals surface area contributed by atoms with E-state index in [0.717, 1.165) is 37.7 Å². The van der Waals surface area contributed by atoms with E-state index >= 15 is 0 Å². The van der Waals surface area contributed by atoms with Gasteiger partial charge in [-0.05, 0) is 78.5 Å². The number of esters is 1. The molecule has 3 aliphatic rings. The molecule has 0 aliphatic heterocycles. The molecule has 168 valence electrons. The maximum atomic E-state index is 13.7. The Hall–Kier alpha value is -2.10. The van der Waals surface area contributed by atoms with E-state index in [0.29, 0.717) is 17.2 Å². The van der Waals surface area contributed by atoms with Crippen molar-refractivity contribution in [2.45, 2.75) is 78.1 Å². The summed E-state index contributed by atoms with van der Waals surface area (Å²) < 4.78 is 11.2. The minimum Gasteiger partial charge on any atom is -0.496 e. The molecule has 0 radical (unpaired) electrons. The first-order valence-corrected chi connectivity index (χ1v) is 11.7. The molecule has 1 saturated carbocycles. The van der Waals surface area contributed by atoms with Crippen LogP contribution in [0, 0.1) is 17.3 Å². The van der Waals surface area contributed by atoms with Crippen LogP contribution in [0.4, 0.5) is 0 Å². The summed E-state index contributed by atoms with van der Waals surface area (Å²) in [7, 11) is 1.63. The number of hydrogen-bond acceptors (Lipinski definition) is 4. The van der Waals surface area contributed by atoms with Crippen LogP contribution in [0.3, 0.4) is 0 Å². The third kappa shape index (κ3) is 3.16. The van der Waals surface area contributed by atoms with Crippen LogP contribution in [0.5, 0.6) is 5.75 Å². The molecule has 4 nitrogen and oxygen atoms in total. The molecule has 0 heterocycles. The minimum atomic E-state index is -0.804. The van der Waals surface area contributed by atoms with Crippen molar-refractivity contribution in [3.05, 3.63) is 40.5 Å². The predicted octanol–water partition coefficient (Wildman–Crippen LogP) is 5.76. The maximum absolute atomic E-state index is 13.7. The number of ketones is 1. The first kappa shape index (κ1) is 22.1. The predicted molar refractivity (Wildman–Crippen MR) is 122 cm³/mol. The monoisotopic (exact) mass is 424 g/mol. The summed E-state index contributed by atoms with van der Waals surface area (Å²) in [5.41, 5.74) is 5.30. The van der Waals surface area contributed by atoms with Gasteiger partial charge in [-0.25, -0.2) is 0 Å². The molecule has 0 bridgehead atoms. The van der Waals surface area contributed by atoms with Crippen LogP contribution in [-0.2, 0) is 21.4 Å². The SMILES string of the molecule is C=C1CCC[C@]2(C)c3cc(OC)c4c(c3CC[C@@H]12)C(C(C)(C)C)C(C(=O)OCC)C4=O. The van der Waals surface area contributed by atoms with E-state index in [1.165, 1.54) is 16.7 Å². The zero-order valence-electron chi connectivity index (χ0n) is 19.9. The summed E-state index contributed by atoms with van der Waals surface area (Å²) in [4.78, 5) is 26.6. The van der Waals surface area contributed by atoms with Crippen molar-refractivity contribution >= 4 is 11.8 Å². The highest BCUT2D eigenvalue weighted by Crippen LogP contribution is 2.59. The molecule has 2 unspecified atom stereocenters. The Balaban J connectivity index is 1.99. The van der Waals surface area contributed by atoms with Crippen molar-refractivity contribution in [3.8, 4) is 5.75 Å². The fourth-order valence-electron chi connectivity index (χ4n) is 6.75. The van der Waals surface area contributed by atoms with E-state index in [4.69, 9.17) is 9.47 Å². The van der Waals surface area contributed by atoms with Gasteiger partial charge >= 0.3 is 5.97 Å². The molecule has 0 amide bonds. The number of allylic oxidation sites excluding steroid dienone is 1. The highest BCUT2D eigenvalue weighted by Gasteiger charge is 2.54. The fraction of sp³-hybridized carbons (Fsp3) is 0.630. The van der Waals surface area contributed by atoms with Crippen molar-refractivity contribution in [2.75, 3.05) is 13.7 Å². The summed E-state index contributed by atoms with van der Waals surface area (Å²) in [6, 6.07) is 2.10. The molecular weight excluding hydrogens is 388 g/mol. The molecular formula is C27H36O4. The van der Waals surface area contributed by atoms with Gasteiger partial charge in [0.25, 0.3) is 0 Å². The number of benzene rings is 1. The second-order valence-electron chi connectivity index (χ2n) is 10.9. The van der Waals surface area contributed by atoms with Crippen molar-refractivity contribution in [3.63, 3.8) is 0 Å². The smallest absolute Gasteiger partial charge is 0.317 e. The first-order chi connectivity index (χ1) is 14.6. The van der Waals surface area contributed by atoms with Crippen LogP contribution < -0.4 is 4.74 Å². The zero-order valence-corrected chi connectivity index (χ0v) is 19.9. The Morgan fingerprint density at radius 2 is 2.00 bits per heavy atom. The number of Topliss-reactive ketones (excluding diaryl/α,β-unsaturated/α-hetero) is 1. The Morgan fingerprint density at radius 3 is 2.61 bits per heavy atom. The third-order valence-corrected chi connectivity index (χ3v) is 8.06. The summed E-state index contributed by atoms with van der Waals surface area (Å²) in [5.74, 6) is -0.508. The van der Waals surface area contributed by atoms with Gasteiger partial charge in [0.1, 0.15) is 11.7 Å². The van der Waals surface area contributed by atoms with Gasteiger partial charge in [-0.1, -0.05) is 39.8 Å². The summed E-state index contributed by atoms with van der Waals surface area (Å²) in [5, 5.41) is 0. The normalized spacial score (nSPS) is 29.8. The highest BCUT2D eigenvalue weighted by molar-refractivity contribution is 6.15. The first-order valence-electron chi connectivity index (χ1n) is 11.7. The van der Waals surface area contributed by atoms with E-state index in [-0.39, 0.29) is 29.1 Å². The number of ether oxygens (including phenoxy) is 2. The number of fused-ring (bicyclic) bond motifs is 5. The Bertz CT molecular complexity index is 951. The molecule has 3 aliphatic carbocycles. The number of carbonyl (C=O) groups excluding carboxylic acids is 2. The molecule has 4 heteroatoms. The van der Waals surface area contributed by atoms with Crippen molar-refractivity contribution in [1.29, 1.82) is 0 Å². The fourth-order valence-corrected chi connectivity index (χ4v) is 6.75. The van der Waals surface area contributed by atoms with E-state index in [1.54, 1.807) is 14.0 Å². The van der Waals surface area contributed by atoms with E-state index < -0.39 is 11.9 Å². The lowest BCUT2D eigenvalue weighted by Gasteiger charge is -2.48. The highest BCUT2D eigenvalue weighted by atomic mass is 16.5. The summed E-state index contributed by atoms with van der Waals surface area (Å²) in [6.07, 6.45) is 5.32. The molecule has 31 heavy (non-hydrogen) atoms. The molecule has 0 spiro atoms.